The number of aromatic nitrogens is 2. The van der Waals surface area contributed by atoms with E-state index in [-0.39, 0.29) is 6.10 Å². The van der Waals surface area contributed by atoms with Gasteiger partial charge in [0, 0.05) is 6.20 Å². The molecular formula is C15H17N3O. The number of nitrogens with zero attached hydrogens (tertiary/aromatic N) is 3. The van der Waals surface area contributed by atoms with Crippen molar-refractivity contribution < 1.29 is 4.74 Å². The molecule has 2 heterocycles. The van der Waals surface area contributed by atoms with Gasteiger partial charge in [-0.25, -0.2) is 9.97 Å². The summed E-state index contributed by atoms with van der Waals surface area (Å²) >= 11 is 0. The first-order valence-electron chi connectivity index (χ1n) is 6.61. The minimum atomic E-state index is 0.252. The Balaban J connectivity index is 1.56. The zero-order chi connectivity index (χ0) is 13.1. The molecule has 0 spiro atoms. The van der Waals surface area contributed by atoms with Crippen LogP contribution in [0.15, 0.2) is 42.9 Å². The second-order valence-corrected chi connectivity index (χ2v) is 4.71. The summed E-state index contributed by atoms with van der Waals surface area (Å²) in [6, 6.07) is 10.2. The average molecular weight is 255 g/mol. The van der Waals surface area contributed by atoms with E-state index in [0.29, 0.717) is 0 Å². The van der Waals surface area contributed by atoms with Gasteiger partial charge in [-0.2, -0.15) is 0 Å². The van der Waals surface area contributed by atoms with E-state index in [0.717, 1.165) is 31.1 Å². The van der Waals surface area contributed by atoms with Gasteiger partial charge in [-0.05, 0) is 30.2 Å². The summed E-state index contributed by atoms with van der Waals surface area (Å²) in [5, 5.41) is 0. The molecule has 0 N–H and O–H groups in total. The highest BCUT2D eigenvalue weighted by molar-refractivity contribution is 5.41. The smallest absolute Gasteiger partial charge is 0.134 e. The molecule has 0 radical (unpaired) electrons. The maximum absolute atomic E-state index is 5.96. The van der Waals surface area contributed by atoms with Crippen LogP contribution in [0.25, 0.3) is 0 Å². The van der Waals surface area contributed by atoms with Crippen LogP contribution in [-0.2, 0) is 6.42 Å². The number of hydrogen-bond acceptors (Lipinski definition) is 4. The van der Waals surface area contributed by atoms with Crippen LogP contribution >= 0.6 is 0 Å². The second-order valence-electron chi connectivity index (χ2n) is 4.71. The number of aryl methyl sites for hydroxylation is 1. The molecule has 0 bridgehead atoms. The quantitative estimate of drug-likeness (QED) is 0.840. The molecule has 1 fully saturated rings. The van der Waals surface area contributed by atoms with Gasteiger partial charge < -0.3 is 9.64 Å². The molecule has 0 atom stereocenters. The van der Waals surface area contributed by atoms with Gasteiger partial charge >= 0.3 is 0 Å². The lowest BCUT2D eigenvalue weighted by molar-refractivity contribution is 0.166. The summed E-state index contributed by atoms with van der Waals surface area (Å²) in [5.74, 6) is 1.93. The summed E-state index contributed by atoms with van der Waals surface area (Å²) < 4.78 is 5.96. The largest absolute Gasteiger partial charge is 0.487 e. The van der Waals surface area contributed by atoms with Crippen LogP contribution < -0.4 is 9.64 Å². The lowest BCUT2D eigenvalue weighted by Crippen LogP contribution is -2.54. The van der Waals surface area contributed by atoms with Crippen molar-refractivity contribution in [1.29, 1.82) is 0 Å². The van der Waals surface area contributed by atoms with Crippen molar-refractivity contribution in [2.75, 3.05) is 18.0 Å². The van der Waals surface area contributed by atoms with Crippen molar-refractivity contribution in [2.45, 2.75) is 19.4 Å². The van der Waals surface area contributed by atoms with Crippen molar-refractivity contribution in [3.8, 4) is 5.75 Å². The highest BCUT2D eigenvalue weighted by Crippen LogP contribution is 2.22. The lowest BCUT2D eigenvalue weighted by atomic mass is 10.1. The highest BCUT2D eigenvalue weighted by Gasteiger charge is 2.29. The normalized spacial score (nSPS) is 15.1. The zero-order valence-corrected chi connectivity index (χ0v) is 11.0. The monoisotopic (exact) mass is 255 g/mol. The standard InChI is InChI=1S/C15H17N3O/c1-2-12-4-3-5-13(8-12)19-14-9-18(10-14)15-6-7-16-11-17-15/h3-8,11,14H,2,9-10H2,1H3. The summed E-state index contributed by atoms with van der Waals surface area (Å²) in [5.41, 5.74) is 1.31. The Bertz CT molecular complexity index is 538. The van der Waals surface area contributed by atoms with Crippen LogP contribution in [0.4, 0.5) is 5.82 Å². The summed E-state index contributed by atoms with van der Waals surface area (Å²) in [4.78, 5) is 10.3. The van der Waals surface area contributed by atoms with Crippen LogP contribution in [0.3, 0.4) is 0 Å². The molecule has 4 nitrogen and oxygen atoms in total. The fraction of sp³-hybridized carbons (Fsp3) is 0.333. The van der Waals surface area contributed by atoms with Crippen molar-refractivity contribution in [2.24, 2.45) is 0 Å². The summed E-state index contributed by atoms with van der Waals surface area (Å²) in [7, 11) is 0. The fourth-order valence-electron chi connectivity index (χ4n) is 2.20. The second kappa shape index (κ2) is 5.26. The van der Waals surface area contributed by atoms with E-state index in [9.17, 15) is 0 Å². The molecule has 0 amide bonds. The van der Waals surface area contributed by atoms with Crippen LogP contribution in [0.2, 0.25) is 0 Å². The number of anilines is 1. The molecule has 0 aliphatic carbocycles. The minimum absolute atomic E-state index is 0.252. The van der Waals surface area contributed by atoms with E-state index in [1.54, 1.807) is 12.5 Å². The molecular weight excluding hydrogens is 238 g/mol. The average Bonchev–Trinajstić information content (AvgIpc) is 2.43. The first kappa shape index (κ1) is 12.0. The molecule has 1 aromatic carbocycles. The van der Waals surface area contributed by atoms with Gasteiger partial charge in [0.15, 0.2) is 0 Å². The van der Waals surface area contributed by atoms with E-state index in [1.165, 1.54) is 5.56 Å². The molecule has 0 unspecified atom stereocenters. The molecule has 98 valence electrons. The topological polar surface area (TPSA) is 38.2 Å². The summed E-state index contributed by atoms with van der Waals surface area (Å²) in [6.07, 6.45) is 4.63. The molecule has 1 saturated heterocycles. The number of benzene rings is 1. The Labute approximate surface area is 113 Å². The molecule has 1 aliphatic rings. The van der Waals surface area contributed by atoms with Gasteiger partial charge in [-0.1, -0.05) is 19.1 Å². The SMILES string of the molecule is CCc1cccc(OC2CN(c3ccncn3)C2)c1. The molecule has 4 heteroatoms. The van der Waals surface area contributed by atoms with Crippen molar-refractivity contribution >= 4 is 5.82 Å². The van der Waals surface area contributed by atoms with E-state index in [4.69, 9.17) is 4.74 Å². The molecule has 1 aromatic heterocycles. The predicted molar refractivity (Wildman–Crippen MR) is 74.5 cm³/mol. The zero-order valence-electron chi connectivity index (χ0n) is 11.0. The molecule has 19 heavy (non-hydrogen) atoms. The van der Waals surface area contributed by atoms with Crippen LogP contribution in [-0.4, -0.2) is 29.2 Å². The Morgan fingerprint density at radius 3 is 2.95 bits per heavy atom. The third-order valence-electron chi connectivity index (χ3n) is 3.35. The van der Waals surface area contributed by atoms with E-state index < -0.39 is 0 Å². The molecule has 1 aliphatic heterocycles. The van der Waals surface area contributed by atoms with Gasteiger partial charge in [0.2, 0.25) is 0 Å². The van der Waals surface area contributed by atoms with Crippen LogP contribution in [0.5, 0.6) is 5.75 Å². The fourth-order valence-corrected chi connectivity index (χ4v) is 2.20. The van der Waals surface area contributed by atoms with Crippen LogP contribution in [0.1, 0.15) is 12.5 Å². The molecule has 0 saturated carbocycles. The van der Waals surface area contributed by atoms with Gasteiger partial charge in [0.25, 0.3) is 0 Å². The minimum Gasteiger partial charge on any atom is -0.487 e. The van der Waals surface area contributed by atoms with Gasteiger partial charge in [0.05, 0.1) is 13.1 Å². The molecule has 3 rings (SSSR count). The first-order valence-corrected chi connectivity index (χ1v) is 6.61. The van der Waals surface area contributed by atoms with Crippen molar-refractivity contribution in [1.82, 2.24) is 9.97 Å². The highest BCUT2D eigenvalue weighted by atomic mass is 16.5. The maximum Gasteiger partial charge on any atom is 0.134 e. The first-order chi connectivity index (χ1) is 9.35. The lowest BCUT2D eigenvalue weighted by Gasteiger charge is -2.39. The van der Waals surface area contributed by atoms with Crippen LogP contribution in [0, 0.1) is 0 Å². The Hall–Kier alpha value is -2.10. The van der Waals surface area contributed by atoms with E-state index in [2.05, 4.69) is 40.0 Å². The van der Waals surface area contributed by atoms with E-state index in [1.807, 2.05) is 12.1 Å². The predicted octanol–water partition coefficient (Wildman–Crippen LogP) is 2.31. The number of hydrogen-bond donors (Lipinski definition) is 0. The van der Waals surface area contributed by atoms with Gasteiger partial charge in [-0.3, -0.25) is 0 Å². The third kappa shape index (κ3) is 2.67. The van der Waals surface area contributed by atoms with Crippen molar-refractivity contribution in [3.63, 3.8) is 0 Å². The Morgan fingerprint density at radius 1 is 1.32 bits per heavy atom. The number of rotatable bonds is 4. The summed E-state index contributed by atoms with van der Waals surface area (Å²) in [6.45, 7) is 3.92. The Kier molecular flexibility index (Phi) is 3.31. The van der Waals surface area contributed by atoms with E-state index >= 15 is 0 Å². The van der Waals surface area contributed by atoms with Gasteiger partial charge in [0.1, 0.15) is 24.0 Å². The Morgan fingerprint density at radius 2 is 2.21 bits per heavy atom. The number of ether oxygens (including phenoxy) is 1. The van der Waals surface area contributed by atoms with Crippen molar-refractivity contribution in [3.05, 3.63) is 48.4 Å². The van der Waals surface area contributed by atoms with Gasteiger partial charge in [-0.15, -0.1) is 0 Å². The maximum atomic E-state index is 5.96. The third-order valence-corrected chi connectivity index (χ3v) is 3.35. The molecule has 2 aromatic rings.